The van der Waals surface area contributed by atoms with E-state index in [4.69, 9.17) is 4.74 Å². The van der Waals surface area contributed by atoms with Crippen molar-refractivity contribution in [1.82, 2.24) is 5.32 Å². The lowest BCUT2D eigenvalue weighted by atomic mass is 10.1. The van der Waals surface area contributed by atoms with Gasteiger partial charge in [-0.1, -0.05) is 32.9 Å². The van der Waals surface area contributed by atoms with Gasteiger partial charge in [0.15, 0.2) is 0 Å². The van der Waals surface area contributed by atoms with Crippen LogP contribution in [0.3, 0.4) is 0 Å². The summed E-state index contributed by atoms with van der Waals surface area (Å²) in [5.41, 5.74) is 1.32. The van der Waals surface area contributed by atoms with Gasteiger partial charge >= 0.3 is 0 Å². The summed E-state index contributed by atoms with van der Waals surface area (Å²) >= 11 is 0. The van der Waals surface area contributed by atoms with E-state index in [1.165, 1.54) is 12.0 Å². The lowest BCUT2D eigenvalue weighted by Gasteiger charge is -2.14. The average Bonchev–Trinajstić information content (AvgIpc) is 2.34. The third-order valence-electron chi connectivity index (χ3n) is 2.66. The molecule has 0 aliphatic heterocycles. The Morgan fingerprint density at radius 1 is 1.12 bits per heavy atom. The van der Waals surface area contributed by atoms with Gasteiger partial charge in [0.05, 0.1) is 6.61 Å². The average molecular weight is 235 g/mol. The van der Waals surface area contributed by atoms with Crippen LogP contribution in [-0.2, 0) is 0 Å². The summed E-state index contributed by atoms with van der Waals surface area (Å²) in [6.07, 6.45) is 1.17. The van der Waals surface area contributed by atoms with E-state index >= 15 is 0 Å². The van der Waals surface area contributed by atoms with Gasteiger partial charge in [0.2, 0.25) is 0 Å². The third-order valence-corrected chi connectivity index (χ3v) is 2.66. The molecule has 2 nitrogen and oxygen atoms in total. The molecule has 0 radical (unpaired) electrons. The zero-order chi connectivity index (χ0) is 12.7. The minimum absolute atomic E-state index is 0.411. The number of rotatable bonds is 7. The van der Waals surface area contributed by atoms with Crippen molar-refractivity contribution in [3.05, 3.63) is 29.8 Å². The van der Waals surface area contributed by atoms with Crippen molar-refractivity contribution in [3.63, 3.8) is 0 Å². The van der Waals surface area contributed by atoms with Crippen molar-refractivity contribution in [1.29, 1.82) is 0 Å². The van der Waals surface area contributed by atoms with Crippen LogP contribution in [0.1, 0.15) is 45.7 Å². The van der Waals surface area contributed by atoms with E-state index in [1.807, 2.05) is 0 Å². The second-order valence-electron chi connectivity index (χ2n) is 4.95. The summed E-state index contributed by atoms with van der Waals surface area (Å²) in [6, 6.07) is 8.81. The predicted octanol–water partition coefficient (Wildman–Crippen LogP) is 3.78. The van der Waals surface area contributed by atoms with Crippen LogP contribution in [0.4, 0.5) is 0 Å². The van der Waals surface area contributed by atoms with Gasteiger partial charge in [0.25, 0.3) is 0 Å². The number of hydrogen-bond acceptors (Lipinski definition) is 2. The van der Waals surface area contributed by atoms with Gasteiger partial charge in [0, 0.05) is 6.04 Å². The van der Waals surface area contributed by atoms with Crippen LogP contribution in [-0.4, -0.2) is 13.2 Å². The molecule has 1 unspecified atom stereocenters. The molecule has 1 rings (SSSR count). The van der Waals surface area contributed by atoms with Crippen molar-refractivity contribution >= 4 is 0 Å². The van der Waals surface area contributed by atoms with Crippen molar-refractivity contribution in [2.45, 2.75) is 40.2 Å². The minimum Gasteiger partial charge on any atom is -0.493 e. The zero-order valence-electron chi connectivity index (χ0n) is 11.5. The van der Waals surface area contributed by atoms with Crippen LogP contribution in [0.25, 0.3) is 0 Å². The first kappa shape index (κ1) is 14.0. The van der Waals surface area contributed by atoms with Crippen molar-refractivity contribution < 1.29 is 4.74 Å². The molecule has 0 saturated carbocycles. The smallest absolute Gasteiger partial charge is 0.119 e. The lowest BCUT2D eigenvalue weighted by molar-refractivity contribution is 0.271. The SMILES string of the molecule is CCCNC(C)c1ccc(OCC(C)C)cc1. The van der Waals surface area contributed by atoms with E-state index in [1.54, 1.807) is 0 Å². The Morgan fingerprint density at radius 2 is 1.76 bits per heavy atom. The Balaban J connectivity index is 2.49. The van der Waals surface area contributed by atoms with Crippen molar-refractivity contribution in [3.8, 4) is 5.75 Å². The van der Waals surface area contributed by atoms with E-state index in [9.17, 15) is 0 Å². The molecule has 1 atom stereocenters. The maximum Gasteiger partial charge on any atom is 0.119 e. The summed E-state index contributed by atoms with van der Waals surface area (Å²) in [4.78, 5) is 0. The summed E-state index contributed by atoms with van der Waals surface area (Å²) < 4.78 is 5.66. The van der Waals surface area contributed by atoms with Crippen molar-refractivity contribution in [2.24, 2.45) is 5.92 Å². The molecule has 2 heteroatoms. The highest BCUT2D eigenvalue weighted by Crippen LogP contribution is 2.18. The minimum atomic E-state index is 0.411. The number of ether oxygens (including phenoxy) is 1. The summed E-state index contributed by atoms with van der Waals surface area (Å²) in [6.45, 7) is 10.5. The fraction of sp³-hybridized carbons (Fsp3) is 0.600. The van der Waals surface area contributed by atoms with Gasteiger partial charge in [-0.25, -0.2) is 0 Å². The highest BCUT2D eigenvalue weighted by Gasteiger charge is 2.04. The lowest BCUT2D eigenvalue weighted by Crippen LogP contribution is -2.19. The molecule has 0 bridgehead atoms. The standard InChI is InChI=1S/C15H25NO/c1-5-10-16-13(4)14-6-8-15(9-7-14)17-11-12(2)3/h6-9,12-13,16H,5,10-11H2,1-4H3. The van der Waals surface area contributed by atoms with Crippen LogP contribution in [0.2, 0.25) is 0 Å². The number of hydrogen-bond donors (Lipinski definition) is 1. The molecule has 1 aromatic carbocycles. The largest absolute Gasteiger partial charge is 0.493 e. The molecule has 0 saturated heterocycles. The highest BCUT2D eigenvalue weighted by atomic mass is 16.5. The van der Waals surface area contributed by atoms with E-state index < -0.39 is 0 Å². The molecule has 0 fully saturated rings. The molecular formula is C15H25NO. The van der Waals surface area contributed by atoms with Crippen LogP contribution < -0.4 is 10.1 Å². The van der Waals surface area contributed by atoms with Gasteiger partial charge in [-0.3, -0.25) is 0 Å². The molecule has 0 heterocycles. The van der Waals surface area contributed by atoms with Crippen molar-refractivity contribution in [2.75, 3.05) is 13.2 Å². The number of benzene rings is 1. The molecule has 0 aromatic heterocycles. The van der Waals surface area contributed by atoms with E-state index in [2.05, 4.69) is 57.3 Å². The molecule has 0 aliphatic carbocycles. The zero-order valence-corrected chi connectivity index (χ0v) is 11.5. The van der Waals surface area contributed by atoms with Crippen LogP contribution in [0, 0.1) is 5.92 Å². The molecule has 17 heavy (non-hydrogen) atoms. The van der Waals surface area contributed by atoms with Crippen LogP contribution in [0.15, 0.2) is 24.3 Å². The Labute approximate surface area is 105 Å². The first-order valence-corrected chi connectivity index (χ1v) is 6.59. The molecule has 0 amide bonds. The Bertz CT molecular complexity index is 305. The second kappa shape index (κ2) is 7.33. The van der Waals surface area contributed by atoms with Gasteiger partial charge < -0.3 is 10.1 Å². The van der Waals surface area contributed by atoms with Gasteiger partial charge in [0.1, 0.15) is 5.75 Å². The second-order valence-corrected chi connectivity index (χ2v) is 4.95. The monoisotopic (exact) mass is 235 g/mol. The van der Waals surface area contributed by atoms with Gasteiger partial charge in [-0.2, -0.15) is 0 Å². The summed E-state index contributed by atoms with van der Waals surface area (Å²) in [5.74, 6) is 1.53. The summed E-state index contributed by atoms with van der Waals surface area (Å²) in [5, 5.41) is 3.48. The van der Waals surface area contributed by atoms with E-state index in [0.717, 1.165) is 18.9 Å². The fourth-order valence-corrected chi connectivity index (χ4v) is 1.59. The summed E-state index contributed by atoms with van der Waals surface area (Å²) in [7, 11) is 0. The third kappa shape index (κ3) is 5.22. The van der Waals surface area contributed by atoms with Crippen LogP contribution in [0.5, 0.6) is 5.75 Å². The Kier molecular flexibility index (Phi) is 6.06. The molecule has 1 aromatic rings. The predicted molar refractivity (Wildman–Crippen MR) is 73.5 cm³/mol. The Morgan fingerprint density at radius 3 is 2.29 bits per heavy atom. The van der Waals surface area contributed by atoms with Gasteiger partial charge in [-0.15, -0.1) is 0 Å². The first-order valence-electron chi connectivity index (χ1n) is 6.59. The maximum absolute atomic E-state index is 5.66. The van der Waals surface area contributed by atoms with E-state index in [0.29, 0.717) is 12.0 Å². The van der Waals surface area contributed by atoms with Gasteiger partial charge in [-0.05, 0) is 43.5 Å². The number of nitrogens with one attached hydrogen (secondary N) is 1. The first-order chi connectivity index (χ1) is 8.13. The maximum atomic E-state index is 5.66. The van der Waals surface area contributed by atoms with E-state index in [-0.39, 0.29) is 0 Å². The normalized spacial score (nSPS) is 12.8. The topological polar surface area (TPSA) is 21.3 Å². The highest BCUT2D eigenvalue weighted by molar-refractivity contribution is 5.28. The quantitative estimate of drug-likeness (QED) is 0.776. The molecule has 0 spiro atoms. The molecule has 0 aliphatic rings. The van der Waals surface area contributed by atoms with Crippen LogP contribution >= 0.6 is 0 Å². The molecule has 1 N–H and O–H groups in total. The fourth-order valence-electron chi connectivity index (χ4n) is 1.59. The molecular weight excluding hydrogens is 210 g/mol. The molecule has 96 valence electrons. The Hall–Kier alpha value is -1.02.